The average Bonchev–Trinajstić information content (AvgIpc) is 2.63. The van der Waals surface area contributed by atoms with E-state index in [0.717, 1.165) is 16.7 Å². The Kier molecular flexibility index (Phi) is 6.89. The van der Waals surface area contributed by atoms with Gasteiger partial charge in [-0.25, -0.2) is 9.78 Å². The molecule has 2 aromatic heterocycles. The van der Waals surface area contributed by atoms with Gasteiger partial charge < -0.3 is 20.1 Å². The normalized spacial score (nSPS) is 15.6. The topological polar surface area (TPSA) is 103 Å². The van der Waals surface area contributed by atoms with Crippen molar-refractivity contribution in [3.8, 4) is 0 Å². The molecular formula is C21H26ClN5O3. The molecule has 1 amide bonds. The number of amides is 1. The first kappa shape index (κ1) is 22.0. The van der Waals surface area contributed by atoms with Crippen LogP contribution in [-0.4, -0.2) is 65.1 Å². The second-order valence-corrected chi connectivity index (χ2v) is 8.32. The fraction of sp³-hybridized carbons (Fsp3) is 0.429. The van der Waals surface area contributed by atoms with E-state index in [9.17, 15) is 4.79 Å². The van der Waals surface area contributed by atoms with Crippen LogP contribution >= 0.6 is 11.6 Å². The van der Waals surface area contributed by atoms with Gasteiger partial charge in [0.25, 0.3) is 0 Å². The standard InChI is InChI=1S/C21H26ClN5O3/c1-21(2,3)30-20(28)27-12-16(13-27)29-7-6-24-10-15(9-23)14-8-18-17(25-11-14)4-5-19(22)26-18/h4-5,8-11,16H,6-7,12-13,23H2,1-3H3. The van der Waals surface area contributed by atoms with Crippen molar-refractivity contribution in [2.24, 2.45) is 10.7 Å². The summed E-state index contributed by atoms with van der Waals surface area (Å²) in [5.41, 5.74) is 8.24. The van der Waals surface area contributed by atoms with Crippen molar-refractivity contribution in [1.82, 2.24) is 14.9 Å². The summed E-state index contributed by atoms with van der Waals surface area (Å²) in [5.74, 6) is 0. The molecule has 30 heavy (non-hydrogen) atoms. The molecule has 9 heteroatoms. The summed E-state index contributed by atoms with van der Waals surface area (Å²) in [6.45, 7) is 7.54. The van der Waals surface area contributed by atoms with Gasteiger partial charge >= 0.3 is 6.09 Å². The van der Waals surface area contributed by atoms with Gasteiger partial charge in [0.05, 0.1) is 43.4 Å². The van der Waals surface area contributed by atoms with Crippen molar-refractivity contribution in [3.63, 3.8) is 0 Å². The number of rotatable bonds is 6. The largest absolute Gasteiger partial charge is 0.444 e. The molecule has 0 aliphatic carbocycles. The number of nitrogens with zero attached hydrogens (tertiary/aromatic N) is 4. The summed E-state index contributed by atoms with van der Waals surface area (Å²) >= 11 is 5.95. The second-order valence-electron chi connectivity index (χ2n) is 7.93. The molecule has 0 radical (unpaired) electrons. The lowest BCUT2D eigenvalue weighted by Gasteiger charge is -2.39. The van der Waals surface area contributed by atoms with E-state index in [2.05, 4.69) is 15.0 Å². The molecule has 160 valence electrons. The molecule has 1 fully saturated rings. The van der Waals surface area contributed by atoms with Crippen LogP contribution in [0.5, 0.6) is 0 Å². The highest BCUT2D eigenvalue weighted by atomic mass is 35.5. The highest BCUT2D eigenvalue weighted by Gasteiger charge is 2.34. The number of aliphatic imine (C=N–C) groups is 1. The van der Waals surface area contributed by atoms with E-state index in [4.69, 9.17) is 26.8 Å². The van der Waals surface area contributed by atoms with Gasteiger partial charge in [-0.15, -0.1) is 0 Å². The zero-order valence-electron chi connectivity index (χ0n) is 17.3. The zero-order valence-corrected chi connectivity index (χ0v) is 18.1. The molecule has 2 aromatic rings. The van der Waals surface area contributed by atoms with Crippen LogP contribution in [0.4, 0.5) is 4.79 Å². The summed E-state index contributed by atoms with van der Waals surface area (Å²) < 4.78 is 11.0. The third kappa shape index (κ3) is 5.90. The number of pyridine rings is 2. The number of allylic oxidation sites excluding steroid dienone is 1. The van der Waals surface area contributed by atoms with Crippen LogP contribution in [0, 0.1) is 0 Å². The molecule has 3 heterocycles. The zero-order chi connectivity index (χ0) is 21.7. The van der Waals surface area contributed by atoms with Crippen molar-refractivity contribution in [3.05, 3.63) is 41.3 Å². The molecule has 0 bridgehead atoms. The Morgan fingerprint density at radius 2 is 2.13 bits per heavy atom. The van der Waals surface area contributed by atoms with Crippen LogP contribution in [0.1, 0.15) is 26.3 Å². The number of hydrogen-bond donors (Lipinski definition) is 1. The van der Waals surface area contributed by atoms with Crippen molar-refractivity contribution >= 4 is 40.5 Å². The minimum absolute atomic E-state index is 0.0118. The van der Waals surface area contributed by atoms with Gasteiger partial charge in [0.2, 0.25) is 0 Å². The predicted octanol–water partition coefficient (Wildman–Crippen LogP) is 3.29. The lowest BCUT2D eigenvalue weighted by Crippen LogP contribution is -2.56. The Bertz CT molecular complexity index is 965. The van der Waals surface area contributed by atoms with Gasteiger partial charge in [0.15, 0.2) is 0 Å². The van der Waals surface area contributed by atoms with E-state index in [0.29, 0.717) is 36.9 Å². The van der Waals surface area contributed by atoms with Crippen LogP contribution in [-0.2, 0) is 9.47 Å². The molecule has 2 N–H and O–H groups in total. The first-order valence-corrected chi connectivity index (χ1v) is 10.1. The number of ether oxygens (including phenoxy) is 2. The molecule has 0 unspecified atom stereocenters. The number of carbonyl (C=O) groups excluding carboxylic acids is 1. The number of fused-ring (bicyclic) bond motifs is 1. The molecular weight excluding hydrogens is 406 g/mol. The summed E-state index contributed by atoms with van der Waals surface area (Å²) in [6.07, 6.45) is 4.58. The van der Waals surface area contributed by atoms with Crippen LogP contribution < -0.4 is 5.73 Å². The summed E-state index contributed by atoms with van der Waals surface area (Å²) in [7, 11) is 0. The lowest BCUT2D eigenvalue weighted by molar-refractivity contribution is -0.0608. The van der Waals surface area contributed by atoms with Gasteiger partial charge in [-0.1, -0.05) is 11.6 Å². The highest BCUT2D eigenvalue weighted by Crippen LogP contribution is 2.19. The summed E-state index contributed by atoms with van der Waals surface area (Å²) in [6, 6.07) is 5.39. The van der Waals surface area contributed by atoms with Crippen molar-refractivity contribution in [1.29, 1.82) is 0 Å². The fourth-order valence-corrected chi connectivity index (χ4v) is 2.96. The maximum Gasteiger partial charge on any atom is 0.410 e. The van der Waals surface area contributed by atoms with Crippen LogP contribution in [0.25, 0.3) is 16.6 Å². The molecule has 8 nitrogen and oxygen atoms in total. The minimum Gasteiger partial charge on any atom is -0.444 e. The smallest absolute Gasteiger partial charge is 0.410 e. The van der Waals surface area contributed by atoms with Gasteiger partial charge in [0, 0.05) is 29.7 Å². The van der Waals surface area contributed by atoms with Crippen LogP contribution in [0.3, 0.4) is 0 Å². The van der Waals surface area contributed by atoms with Gasteiger partial charge in [-0.05, 0) is 39.0 Å². The number of hydrogen-bond acceptors (Lipinski definition) is 7. The molecule has 0 saturated carbocycles. The number of likely N-dealkylation sites (tertiary alicyclic amines) is 1. The Morgan fingerprint density at radius 3 is 2.83 bits per heavy atom. The summed E-state index contributed by atoms with van der Waals surface area (Å²) in [5, 5.41) is 0.409. The van der Waals surface area contributed by atoms with E-state index in [1.807, 2.05) is 32.9 Å². The Hall–Kier alpha value is -2.71. The van der Waals surface area contributed by atoms with E-state index in [1.165, 1.54) is 6.20 Å². The predicted molar refractivity (Wildman–Crippen MR) is 118 cm³/mol. The van der Waals surface area contributed by atoms with Crippen LogP contribution in [0.2, 0.25) is 5.15 Å². The monoisotopic (exact) mass is 431 g/mol. The molecule has 0 aromatic carbocycles. The molecule has 1 aliphatic rings. The second kappa shape index (κ2) is 9.40. The number of halogens is 1. The summed E-state index contributed by atoms with van der Waals surface area (Å²) in [4.78, 5) is 26.5. The first-order chi connectivity index (χ1) is 14.2. The van der Waals surface area contributed by atoms with Gasteiger partial charge in [-0.3, -0.25) is 9.98 Å². The number of nitrogens with two attached hydrogens (primary N) is 1. The van der Waals surface area contributed by atoms with Crippen LogP contribution in [0.15, 0.2) is 35.6 Å². The van der Waals surface area contributed by atoms with E-state index in [1.54, 1.807) is 23.4 Å². The Labute approximate surface area is 180 Å². The van der Waals surface area contributed by atoms with Crippen molar-refractivity contribution in [2.75, 3.05) is 26.2 Å². The van der Waals surface area contributed by atoms with E-state index >= 15 is 0 Å². The van der Waals surface area contributed by atoms with E-state index in [-0.39, 0.29) is 12.2 Å². The molecule has 3 rings (SSSR count). The highest BCUT2D eigenvalue weighted by molar-refractivity contribution is 6.29. The first-order valence-electron chi connectivity index (χ1n) is 9.69. The van der Waals surface area contributed by atoms with Crippen molar-refractivity contribution in [2.45, 2.75) is 32.5 Å². The Morgan fingerprint density at radius 1 is 1.37 bits per heavy atom. The van der Waals surface area contributed by atoms with Crippen molar-refractivity contribution < 1.29 is 14.3 Å². The third-order valence-electron chi connectivity index (χ3n) is 4.32. The number of carbonyl (C=O) groups is 1. The number of aromatic nitrogens is 2. The quantitative estimate of drug-likeness (QED) is 0.427. The van der Waals surface area contributed by atoms with Gasteiger partial charge in [0.1, 0.15) is 10.8 Å². The molecule has 1 saturated heterocycles. The minimum atomic E-state index is -0.491. The fourth-order valence-electron chi connectivity index (χ4n) is 2.81. The maximum absolute atomic E-state index is 11.9. The average molecular weight is 432 g/mol. The van der Waals surface area contributed by atoms with E-state index < -0.39 is 5.60 Å². The maximum atomic E-state index is 11.9. The Balaban J connectivity index is 1.44. The molecule has 0 atom stereocenters. The lowest BCUT2D eigenvalue weighted by atomic mass is 10.1. The molecule has 1 aliphatic heterocycles. The van der Waals surface area contributed by atoms with Gasteiger partial charge in [-0.2, -0.15) is 0 Å². The molecule has 0 spiro atoms. The SMILES string of the molecule is CC(C)(C)OC(=O)N1CC(OCCN=CC(=CN)c2cnc3ccc(Cl)nc3c2)C1. The third-order valence-corrected chi connectivity index (χ3v) is 4.53.